The minimum absolute atomic E-state index is 0. The summed E-state index contributed by atoms with van der Waals surface area (Å²) in [7, 11) is 0. The number of para-hydroxylation sites is 4. The fraction of sp³-hybridized carbons (Fsp3) is 0.288. The van der Waals surface area contributed by atoms with Gasteiger partial charge in [0.2, 0.25) is 24.0 Å². The highest BCUT2D eigenvalue weighted by Crippen LogP contribution is 2.40. The monoisotopic (exact) mass is 1250 g/mol. The number of aliphatic carboxylic acids is 1. The van der Waals surface area contributed by atoms with Gasteiger partial charge in [0, 0.05) is 21.2 Å². The van der Waals surface area contributed by atoms with Crippen molar-refractivity contribution >= 4 is 85.2 Å². The molecule has 2 unspecified atom stereocenters. The zero-order valence-electron chi connectivity index (χ0n) is 42.5. The summed E-state index contributed by atoms with van der Waals surface area (Å²) in [5, 5.41) is 10.5. The maximum Gasteiger partial charge on any atom is 0.416 e. The van der Waals surface area contributed by atoms with Gasteiger partial charge in [-0.05, 0) is 126 Å². The zero-order chi connectivity index (χ0) is 58.0. The van der Waals surface area contributed by atoms with Gasteiger partial charge >= 0.3 is 36.2 Å². The summed E-state index contributed by atoms with van der Waals surface area (Å²) >= 11 is 15.3. The molecule has 0 bridgehead atoms. The van der Waals surface area contributed by atoms with Crippen LogP contribution in [0.4, 0.5) is 26.3 Å². The molecule has 8 aromatic rings. The molecule has 0 radical (unpaired) electrons. The van der Waals surface area contributed by atoms with E-state index >= 15 is 0 Å². The van der Waals surface area contributed by atoms with Crippen LogP contribution in [0.2, 0.25) is 10.0 Å². The summed E-state index contributed by atoms with van der Waals surface area (Å²) in [6, 6.07) is 30.7. The highest BCUT2D eigenvalue weighted by atomic mass is 79.9. The van der Waals surface area contributed by atoms with Crippen molar-refractivity contribution in [2.24, 2.45) is 0 Å². The van der Waals surface area contributed by atoms with Crippen molar-refractivity contribution in [3.05, 3.63) is 166 Å². The number of fused-ring (bicyclic) bond motifs is 2. The molecule has 0 saturated heterocycles. The van der Waals surface area contributed by atoms with E-state index in [9.17, 15) is 50.6 Å². The summed E-state index contributed by atoms with van der Waals surface area (Å²) in [6.45, 7) is 9.66. The van der Waals surface area contributed by atoms with Crippen LogP contribution in [-0.4, -0.2) is 62.1 Å². The first-order valence-corrected chi connectivity index (χ1v) is 25.2. The van der Waals surface area contributed by atoms with Gasteiger partial charge in [0.1, 0.15) is 39.1 Å². The lowest BCUT2D eigenvalue weighted by molar-refractivity contribution is -0.169. The van der Waals surface area contributed by atoms with Crippen LogP contribution >= 0.6 is 39.1 Å². The van der Waals surface area contributed by atoms with E-state index in [2.05, 4.69) is 25.9 Å². The lowest BCUT2D eigenvalue weighted by atomic mass is 10.1. The first kappa shape index (κ1) is 68.7. The lowest BCUT2D eigenvalue weighted by Gasteiger charge is -2.22. The van der Waals surface area contributed by atoms with Gasteiger partial charge in [-0.1, -0.05) is 110 Å². The number of carbonyl (C=O) groups is 4. The van der Waals surface area contributed by atoms with E-state index in [4.69, 9.17) is 55.7 Å². The molecule has 0 amide bonds. The van der Waals surface area contributed by atoms with E-state index in [0.29, 0.717) is 32.2 Å². The van der Waals surface area contributed by atoms with Crippen LogP contribution in [0.3, 0.4) is 0 Å². The summed E-state index contributed by atoms with van der Waals surface area (Å²) in [6.07, 6.45) is -12.7. The number of carboxylic acids is 1. The lowest BCUT2D eigenvalue weighted by Crippen LogP contribution is -2.29. The molecule has 0 spiro atoms. The third-order valence-electron chi connectivity index (χ3n) is 10.2. The summed E-state index contributed by atoms with van der Waals surface area (Å²) < 4.78 is 118. The number of rotatable bonds is 13. The number of esters is 3. The van der Waals surface area contributed by atoms with Gasteiger partial charge in [0.25, 0.3) is 0 Å². The Morgan fingerprint density at radius 3 is 1.34 bits per heavy atom. The van der Waals surface area contributed by atoms with Crippen LogP contribution in [0.5, 0.6) is 11.5 Å². The Bertz CT molecular complexity index is 3400. The predicted molar refractivity (Wildman–Crippen MR) is 303 cm³/mol. The molecular formula is C59H59BrCl2F6N2O12. The average molecular weight is 1250 g/mol. The molecule has 0 saturated carbocycles. The molecule has 23 heteroatoms. The van der Waals surface area contributed by atoms with Crippen LogP contribution in [0, 0.1) is 0 Å². The van der Waals surface area contributed by atoms with E-state index in [0.717, 1.165) is 36.4 Å². The highest BCUT2D eigenvalue weighted by molar-refractivity contribution is 9.09. The standard InChI is InChI=1S/C28H23ClF3NO6.C22H13ClF3NO4.C6H11BrO2.3CH4/c1-27(2,3)39-23(34)15-36-26(35)24(16-7-6-8-17(13-16)28(30,31)32)37-21-12-11-18(29)14-19(21)25-33-20-9-4-5-10-22(20)38-25;23-14-8-9-17(15(11-14)20-27-16-6-1-2-7-18(16)31-20)30-19(21(28)29)12-4-3-5-13(10-12)22(24,25)26;1-6(2,3)9-5(8)4-7;;;/h4-14,24H,15H2,1-3H3;1-11,19H,(H,28,29);4H2,1-3H3;3*1H4. The average Bonchev–Trinajstić information content (AvgIpc) is 4.07. The Morgan fingerprint density at radius 1 is 0.561 bits per heavy atom. The molecule has 0 aliphatic rings. The number of halogens is 9. The highest BCUT2D eigenvalue weighted by Gasteiger charge is 2.35. The van der Waals surface area contributed by atoms with E-state index < -0.39 is 65.8 Å². The largest absolute Gasteiger partial charge is 0.478 e. The van der Waals surface area contributed by atoms with Gasteiger partial charge in [0.05, 0.1) is 22.3 Å². The number of carbonyl (C=O) groups excluding carboxylic acids is 3. The van der Waals surface area contributed by atoms with Gasteiger partial charge < -0.3 is 37.6 Å². The Morgan fingerprint density at radius 2 is 0.963 bits per heavy atom. The summed E-state index contributed by atoms with van der Waals surface area (Å²) in [4.78, 5) is 56.4. The molecule has 82 heavy (non-hydrogen) atoms. The second-order valence-electron chi connectivity index (χ2n) is 18.7. The number of oxazole rings is 2. The van der Waals surface area contributed by atoms with E-state index in [1.54, 1.807) is 69.3 Å². The molecule has 1 N–H and O–H groups in total. The van der Waals surface area contributed by atoms with Gasteiger partial charge in [0.15, 0.2) is 17.8 Å². The Kier molecular flexibility index (Phi) is 24.2. The number of carboxylic acid groups (broad SMARTS) is 1. The van der Waals surface area contributed by atoms with E-state index in [1.165, 1.54) is 48.5 Å². The maximum atomic E-state index is 13.4. The minimum Gasteiger partial charge on any atom is -0.478 e. The van der Waals surface area contributed by atoms with Gasteiger partial charge in [-0.2, -0.15) is 26.3 Å². The Hall–Kier alpha value is -7.62. The van der Waals surface area contributed by atoms with Crippen molar-refractivity contribution in [3.63, 3.8) is 0 Å². The van der Waals surface area contributed by atoms with Crippen molar-refractivity contribution in [2.75, 3.05) is 11.9 Å². The number of nitrogens with zero attached hydrogens (tertiary/aromatic N) is 2. The second-order valence-corrected chi connectivity index (χ2v) is 20.2. The maximum absolute atomic E-state index is 13.4. The molecule has 0 fully saturated rings. The van der Waals surface area contributed by atoms with Crippen molar-refractivity contribution < 1.29 is 83.1 Å². The first-order chi connectivity index (χ1) is 37.0. The molecule has 2 aromatic heterocycles. The van der Waals surface area contributed by atoms with Crippen molar-refractivity contribution in [2.45, 2.75) is 99.6 Å². The van der Waals surface area contributed by atoms with Crippen molar-refractivity contribution in [1.82, 2.24) is 9.97 Å². The SMILES string of the molecule is C.C.C.CC(C)(C)OC(=O)CBr.CC(C)(C)OC(=O)COC(=O)C(Oc1ccc(Cl)cc1-c1nc2ccccc2o1)c1cccc(C(F)(F)F)c1.O=C(O)C(Oc1ccc(Cl)cc1-c1nc2ccccc2o1)c1cccc(C(F)(F)F)c1. The number of hydrogen-bond acceptors (Lipinski definition) is 13. The quantitative estimate of drug-likeness (QED) is 0.0497. The molecule has 8 rings (SSSR count). The van der Waals surface area contributed by atoms with Crippen LogP contribution in [-0.2, 0) is 45.7 Å². The van der Waals surface area contributed by atoms with Gasteiger partial charge in [-0.25, -0.2) is 24.4 Å². The van der Waals surface area contributed by atoms with Crippen LogP contribution in [0.25, 0.3) is 45.1 Å². The normalized spacial score (nSPS) is 12.0. The molecule has 2 atom stereocenters. The number of ether oxygens (including phenoxy) is 5. The van der Waals surface area contributed by atoms with Crippen molar-refractivity contribution in [3.8, 4) is 34.4 Å². The van der Waals surface area contributed by atoms with E-state index in [-0.39, 0.29) is 84.7 Å². The Balaban J connectivity index is 0.000000368. The van der Waals surface area contributed by atoms with Gasteiger partial charge in [-0.15, -0.1) is 0 Å². The van der Waals surface area contributed by atoms with Crippen molar-refractivity contribution in [1.29, 1.82) is 0 Å². The second kappa shape index (κ2) is 28.9. The predicted octanol–water partition coefficient (Wildman–Crippen LogP) is 17.2. The third kappa shape index (κ3) is 19.5. The minimum atomic E-state index is -4.68. The topological polar surface area (TPSA) is 187 Å². The number of alkyl halides is 7. The smallest absolute Gasteiger partial charge is 0.416 e. The van der Waals surface area contributed by atoms with Crippen LogP contribution in [0.15, 0.2) is 142 Å². The summed E-state index contributed by atoms with van der Waals surface area (Å²) in [5.41, 5.74) is -0.889. The van der Waals surface area contributed by atoms with Crippen LogP contribution < -0.4 is 9.47 Å². The van der Waals surface area contributed by atoms with Crippen LogP contribution in [0.1, 0.15) is 98.3 Å². The zero-order valence-corrected chi connectivity index (χ0v) is 45.6. The number of benzene rings is 6. The van der Waals surface area contributed by atoms with Gasteiger partial charge in [-0.3, -0.25) is 4.79 Å². The number of hydrogen-bond donors (Lipinski definition) is 1. The third-order valence-corrected chi connectivity index (χ3v) is 11.1. The molecule has 2 heterocycles. The molecule has 14 nitrogen and oxygen atoms in total. The molecule has 440 valence electrons. The Labute approximate surface area is 487 Å². The molecule has 0 aliphatic carbocycles. The molecule has 6 aromatic carbocycles. The fourth-order valence-electron chi connectivity index (χ4n) is 6.99. The van der Waals surface area contributed by atoms with E-state index in [1.807, 2.05) is 20.8 Å². The first-order valence-electron chi connectivity index (χ1n) is 23.4. The summed E-state index contributed by atoms with van der Waals surface area (Å²) in [5.74, 6) is -3.31. The number of aromatic nitrogens is 2. The molecular weight excluding hydrogens is 1190 g/mol. The molecule has 0 aliphatic heterocycles. The fourth-order valence-corrected chi connectivity index (χ4v) is 7.45.